The zero-order valence-electron chi connectivity index (χ0n) is 21.6. The first-order valence-corrected chi connectivity index (χ1v) is 12.7. The highest BCUT2D eigenvalue weighted by atomic mass is 19.3. The summed E-state index contributed by atoms with van der Waals surface area (Å²) in [4.78, 5) is 12.0. The van der Waals surface area contributed by atoms with Gasteiger partial charge in [-0.2, -0.15) is 8.78 Å². The summed E-state index contributed by atoms with van der Waals surface area (Å²) < 4.78 is 56.8. The van der Waals surface area contributed by atoms with Crippen LogP contribution < -0.4 is 20.9 Å². The molecule has 0 amide bonds. The lowest BCUT2D eigenvalue weighted by atomic mass is 10.1. The monoisotopic (exact) mass is 542 g/mol. The molecule has 0 unspecified atom stereocenters. The van der Waals surface area contributed by atoms with Gasteiger partial charge in [-0.05, 0) is 97.8 Å². The van der Waals surface area contributed by atoms with Gasteiger partial charge in [-0.3, -0.25) is 4.39 Å². The molecule has 0 aromatic heterocycles. The van der Waals surface area contributed by atoms with Crippen LogP contribution in [0, 0.1) is 0 Å². The quantitative estimate of drug-likeness (QED) is 0.0962. The first-order chi connectivity index (χ1) is 18.8. The van der Waals surface area contributed by atoms with Crippen LogP contribution in [0.4, 0.5) is 24.5 Å². The predicted octanol–water partition coefficient (Wildman–Crippen LogP) is 6.69. The van der Waals surface area contributed by atoms with E-state index in [1.54, 1.807) is 24.3 Å². The molecule has 0 fully saturated rings. The van der Waals surface area contributed by atoms with Crippen LogP contribution in [0.25, 0.3) is 6.08 Å². The molecule has 3 rings (SSSR count). The molecular weight excluding hydrogens is 509 g/mol. The lowest BCUT2D eigenvalue weighted by Crippen LogP contribution is -2.21. The third-order valence-electron chi connectivity index (χ3n) is 5.78. The predicted molar refractivity (Wildman–Crippen MR) is 146 cm³/mol. The van der Waals surface area contributed by atoms with E-state index in [1.165, 1.54) is 48.6 Å². The minimum Gasteiger partial charge on any atom is -0.494 e. The van der Waals surface area contributed by atoms with Crippen molar-refractivity contribution in [3.05, 3.63) is 89.5 Å². The van der Waals surface area contributed by atoms with Gasteiger partial charge in [-0.25, -0.2) is 4.79 Å². The number of hydrogen-bond donors (Lipinski definition) is 2. The molecule has 0 bridgehead atoms. The van der Waals surface area contributed by atoms with Gasteiger partial charge >= 0.3 is 12.1 Å². The Balaban J connectivity index is 1.40. The Morgan fingerprint density at radius 1 is 0.846 bits per heavy atom. The van der Waals surface area contributed by atoms with Crippen LogP contribution in [-0.2, 0) is 22.1 Å². The molecule has 0 aliphatic carbocycles. The summed E-state index contributed by atoms with van der Waals surface area (Å²) in [7, 11) is 0. The van der Waals surface area contributed by atoms with E-state index in [4.69, 9.17) is 25.7 Å². The Kier molecular flexibility index (Phi) is 11.1. The summed E-state index contributed by atoms with van der Waals surface area (Å²) in [6.45, 7) is 0.168. The van der Waals surface area contributed by atoms with Crippen molar-refractivity contribution in [2.45, 2.75) is 38.2 Å². The molecule has 0 saturated carbocycles. The van der Waals surface area contributed by atoms with Crippen molar-refractivity contribution >= 4 is 23.4 Å². The zero-order valence-corrected chi connectivity index (χ0v) is 21.6. The number of esters is 1. The topological polar surface area (TPSA) is 96.8 Å². The molecule has 9 heteroatoms. The number of alkyl halides is 3. The number of ether oxygens (including phenoxy) is 3. The standard InChI is InChI=1S/C30H33F3N2O4/c31-18-2-4-19-37-26-15-10-24(11-16-26)30(32,33)39-27-13-6-22(7-14-27)8-17-29(36)38-20-3-1-5-23-9-12-25(34)21-28(23)35/h6-17,21H,1-5,18-20,34-35H2/b17-8+. The van der Waals surface area contributed by atoms with Crippen LogP contribution in [0.3, 0.4) is 0 Å². The molecule has 208 valence electrons. The number of anilines is 2. The molecule has 0 aliphatic heterocycles. The lowest BCUT2D eigenvalue weighted by molar-refractivity contribution is -0.185. The number of hydrogen-bond acceptors (Lipinski definition) is 6. The van der Waals surface area contributed by atoms with Gasteiger partial charge in [0.1, 0.15) is 11.5 Å². The zero-order chi connectivity index (χ0) is 28.1. The molecule has 0 saturated heterocycles. The molecule has 39 heavy (non-hydrogen) atoms. The molecule has 0 atom stereocenters. The number of carbonyl (C=O) groups excluding carboxylic acids is 1. The molecular formula is C30H33F3N2O4. The Morgan fingerprint density at radius 2 is 1.54 bits per heavy atom. The summed E-state index contributed by atoms with van der Waals surface area (Å²) in [5.41, 5.74) is 14.2. The van der Waals surface area contributed by atoms with Crippen molar-refractivity contribution in [2.24, 2.45) is 0 Å². The minimum atomic E-state index is -3.56. The summed E-state index contributed by atoms with van der Waals surface area (Å²) >= 11 is 0. The molecule has 0 radical (unpaired) electrons. The second kappa shape index (κ2) is 14.7. The fourth-order valence-electron chi connectivity index (χ4n) is 3.63. The average molecular weight is 543 g/mol. The fraction of sp³-hybridized carbons (Fsp3) is 0.300. The molecule has 3 aromatic carbocycles. The second-order valence-electron chi connectivity index (χ2n) is 8.87. The number of unbranched alkanes of at least 4 members (excludes halogenated alkanes) is 2. The number of nitrogens with two attached hydrogens (primary N) is 2. The van der Waals surface area contributed by atoms with Crippen molar-refractivity contribution in [3.8, 4) is 11.5 Å². The van der Waals surface area contributed by atoms with Crippen molar-refractivity contribution in [3.63, 3.8) is 0 Å². The van der Waals surface area contributed by atoms with Crippen molar-refractivity contribution < 1.29 is 32.2 Å². The number of carbonyl (C=O) groups is 1. The van der Waals surface area contributed by atoms with Gasteiger partial charge < -0.3 is 25.7 Å². The van der Waals surface area contributed by atoms with Gasteiger partial charge in [0.25, 0.3) is 0 Å². The minimum absolute atomic E-state index is 0.0342. The van der Waals surface area contributed by atoms with Gasteiger partial charge in [0.05, 0.1) is 25.5 Å². The Labute approximate surface area is 226 Å². The molecule has 4 N–H and O–H groups in total. The fourth-order valence-corrected chi connectivity index (χ4v) is 3.63. The van der Waals surface area contributed by atoms with E-state index in [0.29, 0.717) is 48.6 Å². The van der Waals surface area contributed by atoms with Gasteiger partial charge in [0.2, 0.25) is 0 Å². The van der Waals surface area contributed by atoms with E-state index in [1.807, 2.05) is 6.07 Å². The highest BCUT2D eigenvalue weighted by Crippen LogP contribution is 2.32. The highest BCUT2D eigenvalue weighted by Gasteiger charge is 2.34. The van der Waals surface area contributed by atoms with Crippen LogP contribution in [0.2, 0.25) is 0 Å². The number of rotatable bonds is 15. The third-order valence-corrected chi connectivity index (χ3v) is 5.78. The Hall–Kier alpha value is -4.14. The summed E-state index contributed by atoms with van der Waals surface area (Å²) in [6.07, 6.45) is 2.44. The maximum absolute atomic E-state index is 14.6. The van der Waals surface area contributed by atoms with E-state index in [9.17, 15) is 18.0 Å². The molecule has 0 aliphatic rings. The summed E-state index contributed by atoms with van der Waals surface area (Å²) in [5.74, 6) is -0.108. The smallest absolute Gasteiger partial charge is 0.426 e. The van der Waals surface area contributed by atoms with Crippen molar-refractivity contribution in [2.75, 3.05) is 31.4 Å². The van der Waals surface area contributed by atoms with Crippen LogP contribution in [0.1, 0.15) is 42.4 Å². The number of benzene rings is 3. The molecule has 6 nitrogen and oxygen atoms in total. The highest BCUT2D eigenvalue weighted by molar-refractivity contribution is 5.87. The summed E-state index contributed by atoms with van der Waals surface area (Å²) in [6, 6.07) is 16.6. The summed E-state index contributed by atoms with van der Waals surface area (Å²) in [5, 5.41) is 0. The molecule has 0 heterocycles. The van der Waals surface area contributed by atoms with Gasteiger partial charge in [-0.15, -0.1) is 0 Å². The SMILES string of the molecule is Nc1ccc(CCCCOC(=O)/C=C/c2ccc(OC(F)(F)c3ccc(OCCCCF)cc3)cc2)c(N)c1. The van der Waals surface area contributed by atoms with Gasteiger partial charge in [-0.1, -0.05) is 18.2 Å². The van der Waals surface area contributed by atoms with Crippen LogP contribution >= 0.6 is 0 Å². The lowest BCUT2D eigenvalue weighted by Gasteiger charge is -2.18. The normalized spacial score (nSPS) is 11.5. The average Bonchev–Trinajstić information content (AvgIpc) is 2.92. The number of aryl methyl sites for hydroxylation is 1. The van der Waals surface area contributed by atoms with Crippen LogP contribution in [0.15, 0.2) is 72.8 Å². The maximum Gasteiger partial charge on any atom is 0.426 e. The first kappa shape index (κ1) is 29.4. The van der Waals surface area contributed by atoms with Gasteiger partial charge in [0.15, 0.2) is 0 Å². The second-order valence-corrected chi connectivity index (χ2v) is 8.87. The molecule has 3 aromatic rings. The number of halogens is 3. The molecule has 0 spiro atoms. The number of nitrogen functional groups attached to an aromatic ring is 2. The van der Waals surface area contributed by atoms with Crippen LogP contribution in [0.5, 0.6) is 11.5 Å². The third kappa shape index (κ3) is 9.92. The van der Waals surface area contributed by atoms with E-state index >= 15 is 0 Å². The Morgan fingerprint density at radius 3 is 2.23 bits per heavy atom. The van der Waals surface area contributed by atoms with E-state index in [2.05, 4.69) is 0 Å². The largest absolute Gasteiger partial charge is 0.494 e. The van der Waals surface area contributed by atoms with E-state index < -0.39 is 18.8 Å². The van der Waals surface area contributed by atoms with E-state index in [-0.39, 0.29) is 17.9 Å². The van der Waals surface area contributed by atoms with Gasteiger partial charge in [0, 0.05) is 17.5 Å². The van der Waals surface area contributed by atoms with E-state index in [0.717, 1.165) is 18.4 Å². The Bertz CT molecular complexity index is 1220. The maximum atomic E-state index is 14.6. The van der Waals surface area contributed by atoms with Crippen LogP contribution in [-0.4, -0.2) is 25.9 Å². The van der Waals surface area contributed by atoms with Crippen molar-refractivity contribution in [1.82, 2.24) is 0 Å². The van der Waals surface area contributed by atoms with Crippen molar-refractivity contribution in [1.29, 1.82) is 0 Å². The first-order valence-electron chi connectivity index (χ1n) is 12.7.